The fourth-order valence-corrected chi connectivity index (χ4v) is 0.865. The van der Waals surface area contributed by atoms with Crippen LogP contribution in [0.3, 0.4) is 0 Å². The molecule has 74 valence electrons. The third kappa shape index (κ3) is 2.85. The van der Waals surface area contributed by atoms with Crippen molar-refractivity contribution in [2.45, 2.75) is 6.92 Å². The van der Waals surface area contributed by atoms with E-state index < -0.39 is 11.8 Å². The van der Waals surface area contributed by atoms with Gasteiger partial charge in [0.25, 0.3) is 0 Å². The summed E-state index contributed by atoms with van der Waals surface area (Å²) in [4.78, 5) is 26.0. The molecule has 0 aliphatic rings. The summed E-state index contributed by atoms with van der Waals surface area (Å²) in [5.74, 6) is -1.32. The highest BCUT2D eigenvalue weighted by molar-refractivity contribution is 6.39. The topological polar surface area (TPSA) is 71.1 Å². The van der Waals surface area contributed by atoms with E-state index >= 15 is 0 Å². The molecule has 14 heavy (non-hydrogen) atoms. The van der Waals surface area contributed by atoms with Crippen LogP contribution in [0.4, 0.5) is 5.69 Å². The maximum absolute atomic E-state index is 11.2. The monoisotopic (exact) mass is 193 g/mol. The quantitative estimate of drug-likeness (QED) is 0.657. The maximum Gasteiger partial charge on any atom is 0.313 e. The highest BCUT2D eigenvalue weighted by atomic mass is 16.2. The normalized spacial score (nSPS) is 9.21. The predicted molar refractivity (Wildman–Crippen MR) is 51.6 cm³/mol. The lowest BCUT2D eigenvalue weighted by Crippen LogP contribution is -2.35. The first-order chi connectivity index (χ1) is 6.74. The number of carbonyl (C=O) groups is 2. The van der Waals surface area contributed by atoms with Gasteiger partial charge in [-0.3, -0.25) is 14.6 Å². The Hall–Kier alpha value is -1.91. The Morgan fingerprint density at radius 1 is 1.43 bits per heavy atom. The van der Waals surface area contributed by atoms with Gasteiger partial charge in [0.1, 0.15) is 0 Å². The van der Waals surface area contributed by atoms with E-state index in [0.29, 0.717) is 12.2 Å². The summed E-state index contributed by atoms with van der Waals surface area (Å²) in [5.41, 5.74) is 0.503. The zero-order chi connectivity index (χ0) is 10.4. The molecule has 0 radical (unpaired) electrons. The van der Waals surface area contributed by atoms with Crippen LogP contribution in [-0.4, -0.2) is 23.3 Å². The molecule has 1 heterocycles. The smallest absolute Gasteiger partial charge is 0.313 e. The molecule has 2 N–H and O–H groups in total. The Labute approximate surface area is 81.5 Å². The Bertz CT molecular complexity index is 324. The van der Waals surface area contributed by atoms with E-state index in [0.717, 1.165) is 0 Å². The van der Waals surface area contributed by atoms with Crippen molar-refractivity contribution >= 4 is 17.5 Å². The zero-order valence-electron chi connectivity index (χ0n) is 7.78. The average Bonchev–Trinajstić information content (AvgIpc) is 2.19. The predicted octanol–water partition coefficient (Wildman–Crippen LogP) is 0.156. The minimum atomic E-state index is -0.681. The molecular formula is C9H11N3O2. The molecule has 1 aromatic rings. The van der Waals surface area contributed by atoms with Crippen LogP contribution in [0, 0.1) is 0 Å². The molecule has 0 aliphatic heterocycles. The molecule has 0 atom stereocenters. The summed E-state index contributed by atoms with van der Waals surface area (Å²) in [7, 11) is 0. The third-order valence-electron chi connectivity index (χ3n) is 1.46. The van der Waals surface area contributed by atoms with Crippen LogP contribution in [0.15, 0.2) is 24.5 Å². The highest BCUT2D eigenvalue weighted by Gasteiger charge is 2.11. The van der Waals surface area contributed by atoms with Gasteiger partial charge in [-0.1, -0.05) is 0 Å². The molecule has 0 spiro atoms. The van der Waals surface area contributed by atoms with Crippen molar-refractivity contribution in [3.05, 3.63) is 24.5 Å². The van der Waals surface area contributed by atoms with Crippen LogP contribution in [0.5, 0.6) is 0 Å². The second-order valence-corrected chi connectivity index (χ2v) is 2.56. The van der Waals surface area contributed by atoms with Gasteiger partial charge in [-0.25, -0.2) is 0 Å². The van der Waals surface area contributed by atoms with E-state index in [1.807, 2.05) is 0 Å². The van der Waals surface area contributed by atoms with Gasteiger partial charge in [0.15, 0.2) is 0 Å². The molecule has 0 saturated carbocycles. The van der Waals surface area contributed by atoms with E-state index in [2.05, 4.69) is 15.6 Å². The van der Waals surface area contributed by atoms with Crippen LogP contribution in [0.25, 0.3) is 0 Å². The Morgan fingerprint density at radius 3 is 2.79 bits per heavy atom. The summed E-state index contributed by atoms with van der Waals surface area (Å²) < 4.78 is 0. The summed E-state index contributed by atoms with van der Waals surface area (Å²) >= 11 is 0. The van der Waals surface area contributed by atoms with Gasteiger partial charge in [0.2, 0.25) is 0 Å². The van der Waals surface area contributed by atoms with Crippen LogP contribution in [0.2, 0.25) is 0 Å². The molecule has 0 saturated heterocycles. The van der Waals surface area contributed by atoms with Crippen molar-refractivity contribution in [2.75, 3.05) is 11.9 Å². The lowest BCUT2D eigenvalue weighted by molar-refractivity contribution is -0.136. The largest absolute Gasteiger partial charge is 0.348 e. The molecule has 0 bridgehead atoms. The molecule has 1 aromatic heterocycles. The van der Waals surface area contributed by atoms with Gasteiger partial charge in [0.05, 0.1) is 11.9 Å². The summed E-state index contributed by atoms with van der Waals surface area (Å²) in [6, 6.07) is 3.33. The minimum absolute atomic E-state index is 0.430. The van der Waals surface area contributed by atoms with Gasteiger partial charge < -0.3 is 10.6 Å². The molecule has 5 heteroatoms. The lowest BCUT2D eigenvalue weighted by Gasteiger charge is -2.03. The first-order valence-electron chi connectivity index (χ1n) is 4.23. The zero-order valence-corrected chi connectivity index (χ0v) is 7.78. The molecular weight excluding hydrogens is 182 g/mol. The number of rotatable bonds is 2. The van der Waals surface area contributed by atoms with Gasteiger partial charge in [-0.15, -0.1) is 0 Å². The Morgan fingerprint density at radius 2 is 2.21 bits per heavy atom. The number of anilines is 1. The fraction of sp³-hybridized carbons (Fsp3) is 0.222. The number of carbonyl (C=O) groups excluding carboxylic acids is 2. The van der Waals surface area contributed by atoms with Crippen molar-refractivity contribution in [3.8, 4) is 0 Å². The number of nitrogens with one attached hydrogen (secondary N) is 2. The number of pyridine rings is 1. The Kier molecular flexibility index (Phi) is 3.60. The molecule has 0 aromatic carbocycles. The molecule has 2 amide bonds. The van der Waals surface area contributed by atoms with E-state index in [9.17, 15) is 9.59 Å². The number of hydrogen-bond donors (Lipinski definition) is 2. The van der Waals surface area contributed by atoms with E-state index in [1.165, 1.54) is 6.20 Å². The molecule has 1 rings (SSSR count). The highest BCUT2D eigenvalue weighted by Crippen LogP contribution is 2.01. The second-order valence-electron chi connectivity index (χ2n) is 2.56. The van der Waals surface area contributed by atoms with Gasteiger partial charge in [0, 0.05) is 12.7 Å². The number of likely N-dealkylation sites (N-methyl/N-ethyl adjacent to an activating group) is 1. The van der Waals surface area contributed by atoms with E-state index in [1.54, 1.807) is 25.3 Å². The van der Waals surface area contributed by atoms with Crippen molar-refractivity contribution in [2.24, 2.45) is 0 Å². The van der Waals surface area contributed by atoms with Gasteiger partial charge in [-0.05, 0) is 19.1 Å². The van der Waals surface area contributed by atoms with Crippen molar-refractivity contribution in [3.63, 3.8) is 0 Å². The fourth-order valence-electron chi connectivity index (χ4n) is 0.865. The number of hydrogen-bond acceptors (Lipinski definition) is 3. The standard InChI is InChI=1S/C9H11N3O2/c1-2-11-8(13)9(14)12-7-4-3-5-10-6-7/h3-6H,2H2,1H3,(H,11,13)(H,12,14). The Balaban J connectivity index is 2.53. The van der Waals surface area contributed by atoms with Crippen LogP contribution in [0.1, 0.15) is 6.92 Å². The van der Waals surface area contributed by atoms with Crippen molar-refractivity contribution in [1.82, 2.24) is 10.3 Å². The summed E-state index contributed by atoms with van der Waals surface area (Å²) in [5, 5.41) is 4.81. The van der Waals surface area contributed by atoms with Gasteiger partial charge >= 0.3 is 11.8 Å². The van der Waals surface area contributed by atoms with Crippen LogP contribution in [-0.2, 0) is 9.59 Å². The van der Waals surface area contributed by atoms with E-state index in [-0.39, 0.29) is 0 Å². The third-order valence-corrected chi connectivity index (χ3v) is 1.46. The first-order valence-corrected chi connectivity index (χ1v) is 4.23. The summed E-state index contributed by atoms with van der Waals surface area (Å²) in [6.45, 7) is 2.18. The van der Waals surface area contributed by atoms with Crippen LogP contribution < -0.4 is 10.6 Å². The number of amides is 2. The number of nitrogens with zero attached hydrogens (tertiary/aromatic N) is 1. The van der Waals surface area contributed by atoms with Crippen molar-refractivity contribution < 1.29 is 9.59 Å². The first kappa shape index (κ1) is 10.2. The molecule has 0 aliphatic carbocycles. The van der Waals surface area contributed by atoms with Gasteiger partial charge in [-0.2, -0.15) is 0 Å². The lowest BCUT2D eigenvalue weighted by atomic mass is 10.4. The molecule has 0 fully saturated rings. The minimum Gasteiger partial charge on any atom is -0.348 e. The second kappa shape index (κ2) is 4.96. The van der Waals surface area contributed by atoms with Crippen molar-refractivity contribution in [1.29, 1.82) is 0 Å². The maximum atomic E-state index is 11.2. The average molecular weight is 193 g/mol. The SMILES string of the molecule is CCNC(=O)C(=O)Nc1cccnc1. The molecule has 0 unspecified atom stereocenters. The van der Waals surface area contributed by atoms with Crippen LogP contribution >= 0.6 is 0 Å². The summed E-state index contributed by atoms with van der Waals surface area (Å²) in [6.07, 6.45) is 3.05. The van der Waals surface area contributed by atoms with E-state index in [4.69, 9.17) is 0 Å². The number of aromatic nitrogens is 1. The molecule has 5 nitrogen and oxygen atoms in total.